The molecule has 25 heavy (non-hydrogen) atoms. The van der Waals surface area contributed by atoms with Crippen LogP contribution in [0.15, 0.2) is 41.3 Å². The van der Waals surface area contributed by atoms with E-state index in [1.807, 2.05) is 31.2 Å². The number of rotatable bonds is 5. The third-order valence-corrected chi connectivity index (χ3v) is 5.96. The minimum atomic E-state index is -3.57. The van der Waals surface area contributed by atoms with Gasteiger partial charge in [0.2, 0.25) is 10.0 Å². The molecule has 5 nitrogen and oxygen atoms in total. The monoisotopic (exact) mass is 384 g/mol. The van der Waals surface area contributed by atoms with Crippen LogP contribution >= 0.6 is 12.4 Å². The van der Waals surface area contributed by atoms with Crippen molar-refractivity contribution in [2.75, 3.05) is 13.2 Å². The summed E-state index contributed by atoms with van der Waals surface area (Å²) in [5.74, 6) is 0.711. The zero-order valence-electron chi connectivity index (χ0n) is 14.5. The van der Waals surface area contributed by atoms with Gasteiger partial charge in [-0.2, -0.15) is 0 Å². The van der Waals surface area contributed by atoms with Crippen molar-refractivity contribution in [3.05, 3.63) is 36.4 Å². The highest BCUT2D eigenvalue weighted by atomic mass is 35.5. The summed E-state index contributed by atoms with van der Waals surface area (Å²) < 4.78 is 34.3. The molecule has 1 saturated heterocycles. The summed E-state index contributed by atoms with van der Waals surface area (Å²) in [4.78, 5) is 0.313. The molecule has 1 fully saturated rings. The molecule has 2 N–H and O–H groups in total. The van der Waals surface area contributed by atoms with Gasteiger partial charge in [-0.05, 0) is 45.4 Å². The number of hydrogen-bond acceptors (Lipinski definition) is 4. The Morgan fingerprint density at radius 1 is 1.20 bits per heavy atom. The maximum Gasteiger partial charge on any atom is 0.241 e. The molecule has 0 aliphatic carbocycles. The van der Waals surface area contributed by atoms with Gasteiger partial charge in [-0.3, -0.25) is 0 Å². The number of ether oxygens (including phenoxy) is 1. The molecule has 0 radical (unpaired) electrons. The van der Waals surface area contributed by atoms with E-state index in [2.05, 4.69) is 17.0 Å². The van der Waals surface area contributed by atoms with E-state index >= 15 is 0 Å². The van der Waals surface area contributed by atoms with Crippen LogP contribution in [-0.4, -0.2) is 33.7 Å². The number of piperidine rings is 1. The van der Waals surface area contributed by atoms with Gasteiger partial charge in [0.05, 0.1) is 11.5 Å². The standard InChI is InChI=1S/C18H24N2O3S.ClH/c1-3-23-17-8-9-18(16-7-5-4-6-15(16)17)24(21,22)20-14-10-11-19-13(2)12-14;/h4-9,13-14,19-20H,3,10-12H2,1-2H3;1H. The molecule has 0 bridgehead atoms. The third kappa shape index (κ3) is 4.44. The van der Waals surface area contributed by atoms with Crippen LogP contribution in [0.1, 0.15) is 26.7 Å². The van der Waals surface area contributed by atoms with Crippen LogP contribution in [0.4, 0.5) is 0 Å². The van der Waals surface area contributed by atoms with Crippen molar-refractivity contribution in [3.63, 3.8) is 0 Å². The van der Waals surface area contributed by atoms with Crippen molar-refractivity contribution in [2.45, 2.75) is 43.7 Å². The molecule has 1 aliphatic rings. The Labute approximate surface area is 155 Å². The Balaban J connectivity index is 0.00000225. The lowest BCUT2D eigenvalue weighted by molar-refractivity contribution is 0.344. The number of fused-ring (bicyclic) bond motifs is 1. The molecule has 2 aromatic carbocycles. The Hall–Kier alpha value is -1.34. The van der Waals surface area contributed by atoms with Crippen molar-refractivity contribution < 1.29 is 13.2 Å². The zero-order chi connectivity index (χ0) is 17.2. The second-order valence-corrected chi connectivity index (χ2v) is 7.92. The molecule has 0 aromatic heterocycles. The van der Waals surface area contributed by atoms with E-state index in [9.17, 15) is 8.42 Å². The summed E-state index contributed by atoms with van der Waals surface area (Å²) in [5, 5.41) is 4.85. The van der Waals surface area contributed by atoms with Gasteiger partial charge in [-0.15, -0.1) is 12.4 Å². The molecule has 0 amide bonds. The third-order valence-electron chi connectivity index (χ3n) is 4.38. The van der Waals surface area contributed by atoms with Crippen molar-refractivity contribution in [3.8, 4) is 5.75 Å². The highest BCUT2D eigenvalue weighted by molar-refractivity contribution is 7.89. The second kappa shape index (κ2) is 8.36. The van der Waals surface area contributed by atoms with Crippen molar-refractivity contribution in [1.29, 1.82) is 0 Å². The van der Waals surface area contributed by atoms with Crippen LogP contribution in [-0.2, 0) is 10.0 Å². The highest BCUT2D eigenvalue weighted by Crippen LogP contribution is 2.31. The summed E-state index contributed by atoms with van der Waals surface area (Å²) >= 11 is 0. The summed E-state index contributed by atoms with van der Waals surface area (Å²) in [6.07, 6.45) is 1.60. The molecule has 2 unspecified atom stereocenters. The van der Waals surface area contributed by atoms with Crippen LogP contribution in [0.25, 0.3) is 10.8 Å². The van der Waals surface area contributed by atoms with Crippen LogP contribution in [0.5, 0.6) is 5.75 Å². The number of sulfonamides is 1. The normalized spacial score (nSPS) is 20.9. The Morgan fingerprint density at radius 2 is 1.92 bits per heavy atom. The summed E-state index contributed by atoms with van der Waals surface area (Å²) in [5.41, 5.74) is 0. The second-order valence-electron chi connectivity index (χ2n) is 6.24. The van der Waals surface area contributed by atoms with Crippen LogP contribution in [0.2, 0.25) is 0 Å². The number of halogens is 1. The van der Waals surface area contributed by atoms with Gasteiger partial charge in [0.15, 0.2) is 0 Å². The van der Waals surface area contributed by atoms with Gasteiger partial charge in [0.25, 0.3) is 0 Å². The summed E-state index contributed by atoms with van der Waals surface area (Å²) in [6, 6.07) is 11.1. The summed E-state index contributed by atoms with van der Waals surface area (Å²) in [7, 11) is -3.57. The maximum atomic E-state index is 12.9. The lowest BCUT2D eigenvalue weighted by atomic mass is 10.0. The quantitative estimate of drug-likeness (QED) is 0.831. The first-order chi connectivity index (χ1) is 11.5. The van der Waals surface area contributed by atoms with Crippen LogP contribution < -0.4 is 14.8 Å². The first kappa shape index (κ1) is 20.0. The molecule has 1 heterocycles. The van der Waals surface area contributed by atoms with E-state index in [1.165, 1.54) is 0 Å². The zero-order valence-corrected chi connectivity index (χ0v) is 16.1. The molecule has 138 valence electrons. The van der Waals surface area contributed by atoms with Crippen LogP contribution in [0.3, 0.4) is 0 Å². The van der Waals surface area contributed by atoms with Gasteiger partial charge in [-0.25, -0.2) is 13.1 Å². The van der Waals surface area contributed by atoms with Crippen LogP contribution in [0, 0.1) is 0 Å². The van der Waals surface area contributed by atoms with Gasteiger partial charge >= 0.3 is 0 Å². The largest absolute Gasteiger partial charge is 0.493 e. The molecule has 7 heteroatoms. The predicted octanol–water partition coefficient (Wildman–Crippen LogP) is 3.08. The first-order valence-corrected chi connectivity index (χ1v) is 9.90. The molecule has 3 rings (SSSR count). The fraction of sp³-hybridized carbons (Fsp3) is 0.444. The molecule has 0 spiro atoms. The van der Waals surface area contributed by atoms with Crippen molar-refractivity contribution in [2.24, 2.45) is 0 Å². The fourth-order valence-electron chi connectivity index (χ4n) is 3.28. The SMILES string of the molecule is CCOc1ccc(S(=O)(=O)NC2CCNC(C)C2)c2ccccc12.Cl. The fourth-order valence-corrected chi connectivity index (χ4v) is 4.78. The Kier molecular flexibility index (Phi) is 6.68. The van der Waals surface area contributed by atoms with E-state index in [0.29, 0.717) is 28.7 Å². The smallest absolute Gasteiger partial charge is 0.241 e. The molecule has 2 atom stereocenters. The van der Waals surface area contributed by atoms with Gasteiger partial charge in [-0.1, -0.05) is 24.3 Å². The number of hydrogen-bond donors (Lipinski definition) is 2. The van der Waals surface area contributed by atoms with E-state index in [1.54, 1.807) is 12.1 Å². The van der Waals surface area contributed by atoms with E-state index in [4.69, 9.17) is 4.74 Å². The van der Waals surface area contributed by atoms with Crippen molar-refractivity contribution in [1.82, 2.24) is 10.0 Å². The van der Waals surface area contributed by atoms with E-state index in [-0.39, 0.29) is 18.4 Å². The Morgan fingerprint density at radius 3 is 2.60 bits per heavy atom. The predicted molar refractivity (Wildman–Crippen MR) is 103 cm³/mol. The van der Waals surface area contributed by atoms with E-state index < -0.39 is 10.0 Å². The van der Waals surface area contributed by atoms with Gasteiger partial charge < -0.3 is 10.1 Å². The minimum Gasteiger partial charge on any atom is -0.493 e. The average Bonchev–Trinajstić information content (AvgIpc) is 2.55. The topological polar surface area (TPSA) is 67.4 Å². The molecular weight excluding hydrogens is 360 g/mol. The van der Waals surface area contributed by atoms with Gasteiger partial charge in [0, 0.05) is 22.9 Å². The lowest BCUT2D eigenvalue weighted by Gasteiger charge is -2.28. The first-order valence-electron chi connectivity index (χ1n) is 8.41. The molecule has 2 aromatic rings. The molecular formula is C18H25ClN2O3S. The average molecular weight is 385 g/mol. The number of nitrogens with one attached hydrogen (secondary N) is 2. The van der Waals surface area contributed by atoms with Crippen molar-refractivity contribution >= 4 is 33.2 Å². The van der Waals surface area contributed by atoms with Gasteiger partial charge in [0.1, 0.15) is 5.75 Å². The highest BCUT2D eigenvalue weighted by Gasteiger charge is 2.26. The molecule has 0 saturated carbocycles. The Bertz CT molecular complexity index is 826. The lowest BCUT2D eigenvalue weighted by Crippen LogP contribution is -2.46. The molecule has 1 aliphatic heterocycles. The number of benzene rings is 2. The van der Waals surface area contributed by atoms with E-state index in [0.717, 1.165) is 24.8 Å². The minimum absolute atomic E-state index is 0. The summed E-state index contributed by atoms with van der Waals surface area (Å²) in [6.45, 7) is 5.37. The maximum absolute atomic E-state index is 12.9.